The number of carbonyl (C=O) groups is 1. The molecule has 1 aliphatic carbocycles. The molecule has 1 heterocycles. The highest BCUT2D eigenvalue weighted by atomic mass is 19.1. The first-order valence-electron chi connectivity index (χ1n) is 6.12. The summed E-state index contributed by atoms with van der Waals surface area (Å²) in [6.07, 6.45) is 4.96. The number of nitrogens with zero attached hydrogens (tertiary/aromatic N) is 2. The normalized spacial score (nSPS) is 15.4. The molecule has 0 unspecified atom stereocenters. The predicted molar refractivity (Wildman–Crippen MR) is 63.1 cm³/mol. The number of rotatable bonds is 4. The van der Waals surface area contributed by atoms with Crippen molar-refractivity contribution in [3.63, 3.8) is 0 Å². The summed E-state index contributed by atoms with van der Waals surface area (Å²) in [5.41, 5.74) is 0.0775. The smallest absolute Gasteiger partial charge is 0.258 e. The van der Waals surface area contributed by atoms with E-state index in [2.05, 4.69) is 4.98 Å². The van der Waals surface area contributed by atoms with Gasteiger partial charge in [0, 0.05) is 19.3 Å². The van der Waals surface area contributed by atoms with Gasteiger partial charge in [-0.05, 0) is 37.8 Å². The molecule has 0 N–H and O–H groups in total. The third kappa shape index (κ3) is 2.62. The zero-order chi connectivity index (χ0) is 12.3. The van der Waals surface area contributed by atoms with Gasteiger partial charge >= 0.3 is 0 Å². The van der Waals surface area contributed by atoms with Crippen LogP contribution in [0.4, 0.5) is 4.39 Å². The Morgan fingerprint density at radius 3 is 2.88 bits per heavy atom. The minimum Gasteiger partial charge on any atom is -0.339 e. The molecule has 2 rings (SSSR count). The number of hydrogen-bond donors (Lipinski definition) is 0. The minimum absolute atomic E-state index is 0.0775. The Hall–Kier alpha value is -1.45. The Morgan fingerprint density at radius 1 is 1.59 bits per heavy atom. The second-order valence-electron chi connectivity index (χ2n) is 4.48. The molecule has 17 heavy (non-hydrogen) atoms. The van der Waals surface area contributed by atoms with Crippen molar-refractivity contribution in [2.24, 2.45) is 5.92 Å². The van der Waals surface area contributed by atoms with Gasteiger partial charge in [0.2, 0.25) is 5.95 Å². The molecule has 0 aromatic carbocycles. The number of amides is 1. The highest BCUT2D eigenvalue weighted by molar-refractivity contribution is 5.94. The largest absolute Gasteiger partial charge is 0.339 e. The van der Waals surface area contributed by atoms with Gasteiger partial charge in [-0.3, -0.25) is 4.79 Å². The maximum absolute atomic E-state index is 13.4. The van der Waals surface area contributed by atoms with Gasteiger partial charge < -0.3 is 4.90 Å². The second-order valence-corrected chi connectivity index (χ2v) is 4.48. The third-order valence-corrected chi connectivity index (χ3v) is 3.36. The Morgan fingerprint density at radius 2 is 2.35 bits per heavy atom. The molecule has 0 spiro atoms. The van der Waals surface area contributed by atoms with Crippen molar-refractivity contribution in [2.45, 2.75) is 26.2 Å². The molecule has 0 bridgehead atoms. The van der Waals surface area contributed by atoms with E-state index < -0.39 is 5.95 Å². The summed E-state index contributed by atoms with van der Waals surface area (Å²) in [5, 5.41) is 0. The second kappa shape index (κ2) is 5.25. The van der Waals surface area contributed by atoms with Gasteiger partial charge in [0.25, 0.3) is 5.91 Å². The molecule has 92 valence electrons. The first-order valence-corrected chi connectivity index (χ1v) is 6.12. The fourth-order valence-electron chi connectivity index (χ4n) is 2.06. The summed E-state index contributed by atoms with van der Waals surface area (Å²) < 4.78 is 13.4. The molecule has 0 aliphatic heterocycles. The average Bonchev–Trinajstić information content (AvgIpc) is 2.28. The number of pyridine rings is 1. The zero-order valence-electron chi connectivity index (χ0n) is 10.0. The van der Waals surface area contributed by atoms with E-state index in [1.54, 1.807) is 11.0 Å². The van der Waals surface area contributed by atoms with Crippen LogP contribution < -0.4 is 0 Å². The van der Waals surface area contributed by atoms with Crippen LogP contribution in [0.1, 0.15) is 36.5 Å². The third-order valence-electron chi connectivity index (χ3n) is 3.36. The van der Waals surface area contributed by atoms with Crippen molar-refractivity contribution < 1.29 is 9.18 Å². The van der Waals surface area contributed by atoms with Crippen LogP contribution in [0.5, 0.6) is 0 Å². The van der Waals surface area contributed by atoms with E-state index in [9.17, 15) is 9.18 Å². The maximum atomic E-state index is 13.4. The van der Waals surface area contributed by atoms with Crippen molar-refractivity contribution in [3.8, 4) is 0 Å². The lowest BCUT2D eigenvalue weighted by Gasteiger charge is -2.31. The van der Waals surface area contributed by atoms with Crippen LogP contribution in [0, 0.1) is 11.9 Å². The van der Waals surface area contributed by atoms with Gasteiger partial charge in [-0.1, -0.05) is 6.42 Å². The molecule has 1 saturated carbocycles. The van der Waals surface area contributed by atoms with E-state index in [-0.39, 0.29) is 11.5 Å². The van der Waals surface area contributed by atoms with E-state index in [0.29, 0.717) is 12.5 Å². The molecule has 0 atom stereocenters. The van der Waals surface area contributed by atoms with Crippen molar-refractivity contribution in [2.75, 3.05) is 13.1 Å². The van der Waals surface area contributed by atoms with Gasteiger partial charge in [-0.2, -0.15) is 4.39 Å². The minimum atomic E-state index is -0.676. The molecule has 0 radical (unpaired) electrons. The van der Waals surface area contributed by atoms with Crippen LogP contribution >= 0.6 is 0 Å². The number of aromatic nitrogens is 1. The molecule has 3 nitrogen and oxygen atoms in total. The highest BCUT2D eigenvalue weighted by Gasteiger charge is 2.24. The number of hydrogen-bond acceptors (Lipinski definition) is 2. The molecule has 1 amide bonds. The molecule has 1 aliphatic rings. The SMILES string of the molecule is CCN(CC1CCC1)C(=O)c1cccnc1F. The van der Waals surface area contributed by atoms with Crippen LogP contribution in [0.2, 0.25) is 0 Å². The van der Waals surface area contributed by atoms with Crippen molar-refractivity contribution in [1.29, 1.82) is 0 Å². The topological polar surface area (TPSA) is 33.2 Å². The van der Waals surface area contributed by atoms with Crippen LogP contribution in [-0.2, 0) is 0 Å². The van der Waals surface area contributed by atoms with Crippen molar-refractivity contribution in [3.05, 3.63) is 29.8 Å². The molecule has 1 aromatic heterocycles. The summed E-state index contributed by atoms with van der Waals surface area (Å²) in [4.78, 5) is 17.3. The fraction of sp³-hybridized carbons (Fsp3) is 0.538. The average molecular weight is 236 g/mol. The van der Waals surface area contributed by atoms with Gasteiger partial charge in [-0.15, -0.1) is 0 Å². The van der Waals surface area contributed by atoms with Gasteiger partial charge in [0.05, 0.1) is 5.56 Å². The summed E-state index contributed by atoms with van der Waals surface area (Å²) >= 11 is 0. The van der Waals surface area contributed by atoms with E-state index in [0.717, 1.165) is 6.54 Å². The monoisotopic (exact) mass is 236 g/mol. The lowest BCUT2D eigenvalue weighted by atomic mass is 9.85. The molecular weight excluding hydrogens is 219 g/mol. The fourth-order valence-corrected chi connectivity index (χ4v) is 2.06. The highest BCUT2D eigenvalue weighted by Crippen LogP contribution is 2.27. The van der Waals surface area contributed by atoms with Crippen molar-refractivity contribution >= 4 is 5.91 Å². The summed E-state index contributed by atoms with van der Waals surface area (Å²) in [6, 6.07) is 3.08. The van der Waals surface area contributed by atoms with Crippen LogP contribution in [0.25, 0.3) is 0 Å². The van der Waals surface area contributed by atoms with Crippen LogP contribution in [0.15, 0.2) is 18.3 Å². The van der Waals surface area contributed by atoms with E-state index in [1.165, 1.54) is 31.5 Å². The Balaban J connectivity index is 2.08. The summed E-state index contributed by atoms with van der Waals surface area (Å²) in [6.45, 7) is 3.28. The van der Waals surface area contributed by atoms with Crippen molar-refractivity contribution in [1.82, 2.24) is 9.88 Å². The number of carbonyl (C=O) groups excluding carboxylic acids is 1. The summed E-state index contributed by atoms with van der Waals surface area (Å²) in [7, 11) is 0. The molecule has 1 aromatic rings. The quantitative estimate of drug-likeness (QED) is 0.752. The lowest BCUT2D eigenvalue weighted by Crippen LogP contribution is -2.37. The van der Waals surface area contributed by atoms with Crippen LogP contribution in [0.3, 0.4) is 0 Å². The zero-order valence-corrected chi connectivity index (χ0v) is 10.0. The maximum Gasteiger partial charge on any atom is 0.258 e. The van der Waals surface area contributed by atoms with E-state index >= 15 is 0 Å². The standard InChI is InChI=1S/C13H17FN2O/c1-2-16(9-10-5-3-6-10)13(17)11-7-4-8-15-12(11)14/h4,7-8,10H,2-3,5-6,9H2,1H3. The van der Waals surface area contributed by atoms with Gasteiger partial charge in [-0.25, -0.2) is 4.98 Å². The number of halogens is 1. The lowest BCUT2D eigenvalue weighted by molar-refractivity contribution is 0.0700. The van der Waals surface area contributed by atoms with Crippen LogP contribution in [-0.4, -0.2) is 28.9 Å². The predicted octanol–water partition coefficient (Wildman–Crippen LogP) is 2.48. The van der Waals surface area contributed by atoms with Gasteiger partial charge in [0.15, 0.2) is 0 Å². The first-order chi connectivity index (χ1) is 8.22. The van der Waals surface area contributed by atoms with E-state index in [1.807, 2.05) is 6.92 Å². The Bertz CT molecular complexity index is 404. The Labute approximate surface area is 101 Å². The first kappa shape index (κ1) is 12.0. The van der Waals surface area contributed by atoms with E-state index in [4.69, 9.17) is 0 Å². The molecule has 4 heteroatoms. The molecule has 0 saturated heterocycles. The van der Waals surface area contributed by atoms with Gasteiger partial charge in [0.1, 0.15) is 0 Å². The molecular formula is C13H17FN2O. The summed E-state index contributed by atoms with van der Waals surface area (Å²) in [5.74, 6) is -0.326. The molecule has 1 fully saturated rings. The Kier molecular flexibility index (Phi) is 3.71.